The predicted molar refractivity (Wildman–Crippen MR) is 151 cm³/mol. The van der Waals surface area contributed by atoms with Crippen LogP contribution in [0.25, 0.3) is 0 Å². The summed E-state index contributed by atoms with van der Waals surface area (Å²) < 4.78 is 1.66. The lowest BCUT2D eigenvalue weighted by molar-refractivity contribution is 0.0730. The first kappa shape index (κ1) is 25.8. The lowest BCUT2D eigenvalue weighted by Crippen LogP contribution is -2.30. The molecule has 0 aromatic heterocycles. The Kier molecular flexibility index (Phi) is 8.70. The number of amides is 2. The molecule has 4 aromatic rings. The van der Waals surface area contributed by atoms with Gasteiger partial charge in [0, 0.05) is 45.4 Å². The zero-order valence-corrected chi connectivity index (χ0v) is 22.6. The molecule has 0 heterocycles. The minimum absolute atomic E-state index is 0.109. The average molecular weight is 607 g/mol. The Morgan fingerprint density at radius 1 is 0.722 bits per heavy atom. The molecule has 36 heavy (non-hydrogen) atoms. The van der Waals surface area contributed by atoms with Crippen LogP contribution in [0.3, 0.4) is 0 Å². The van der Waals surface area contributed by atoms with Gasteiger partial charge in [0.15, 0.2) is 0 Å². The molecule has 0 saturated heterocycles. The Hall–Kier alpha value is -3.26. The second-order valence-electron chi connectivity index (χ2n) is 8.32. The number of nitrogens with two attached hydrogens (primary N) is 1. The Bertz CT molecular complexity index is 1390. The topological polar surface area (TPSA) is 75.4 Å². The molecule has 0 aliphatic rings. The third-order valence-electron chi connectivity index (χ3n) is 5.67. The van der Waals surface area contributed by atoms with Crippen LogP contribution in [0.2, 0.25) is 0 Å². The van der Waals surface area contributed by atoms with Gasteiger partial charge >= 0.3 is 0 Å². The van der Waals surface area contributed by atoms with E-state index in [1.165, 1.54) is 0 Å². The molecule has 0 radical (unpaired) electrons. The smallest absolute Gasteiger partial charge is 0.255 e. The maximum atomic E-state index is 13.6. The second kappa shape index (κ2) is 12.1. The molecule has 5 nitrogen and oxygen atoms in total. The van der Waals surface area contributed by atoms with Gasteiger partial charge in [-0.25, -0.2) is 0 Å². The average Bonchev–Trinajstić information content (AvgIpc) is 2.89. The second-order valence-corrected chi connectivity index (χ2v) is 10.1. The predicted octanol–water partition coefficient (Wildman–Crippen LogP) is 6.77. The van der Waals surface area contributed by atoms with E-state index >= 15 is 0 Å². The number of anilines is 1. The van der Waals surface area contributed by atoms with Crippen molar-refractivity contribution in [2.75, 3.05) is 5.32 Å². The van der Waals surface area contributed by atoms with Crippen LogP contribution in [0.4, 0.5) is 5.69 Å². The van der Waals surface area contributed by atoms with Crippen LogP contribution in [-0.4, -0.2) is 16.7 Å². The minimum atomic E-state index is -0.218. The number of carbonyl (C=O) groups is 2. The summed E-state index contributed by atoms with van der Waals surface area (Å²) in [5, 5.41) is 3.01. The molecule has 0 fully saturated rings. The molecule has 0 aliphatic carbocycles. The van der Waals surface area contributed by atoms with Gasteiger partial charge in [-0.15, -0.1) is 0 Å². The molecule has 182 valence electrons. The SMILES string of the molecule is NCc1cccc(CN(Cc2ccccc2NC(=O)c2cccc(Br)c2)C(=O)c2cccc(Br)c2)c1. The number of hydrogen-bond acceptors (Lipinski definition) is 3. The maximum Gasteiger partial charge on any atom is 0.255 e. The zero-order chi connectivity index (χ0) is 25.5. The van der Waals surface area contributed by atoms with Crippen molar-refractivity contribution in [3.63, 3.8) is 0 Å². The number of nitrogens with one attached hydrogen (secondary N) is 1. The number of nitrogens with zero attached hydrogens (tertiary/aromatic N) is 1. The lowest BCUT2D eigenvalue weighted by atomic mass is 10.1. The van der Waals surface area contributed by atoms with Crippen LogP contribution in [0.5, 0.6) is 0 Å². The van der Waals surface area contributed by atoms with E-state index < -0.39 is 0 Å². The van der Waals surface area contributed by atoms with E-state index in [1.54, 1.807) is 23.1 Å². The highest BCUT2D eigenvalue weighted by molar-refractivity contribution is 9.10. The monoisotopic (exact) mass is 605 g/mol. The number of carbonyl (C=O) groups excluding carboxylic acids is 2. The van der Waals surface area contributed by atoms with Crippen molar-refractivity contribution >= 4 is 49.4 Å². The first-order valence-electron chi connectivity index (χ1n) is 11.4. The fourth-order valence-corrected chi connectivity index (χ4v) is 4.69. The maximum absolute atomic E-state index is 13.6. The Balaban J connectivity index is 1.64. The number of hydrogen-bond donors (Lipinski definition) is 2. The molecule has 0 atom stereocenters. The summed E-state index contributed by atoms with van der Waals surface area (Å²) in [4.78, 5) is 28.3. The number of para-hydroxylation sites is 1. The van der Waals surface area contributed by atoms with E-state index in [4.69, 9.17) is 5.73 Å². The Morgan fingerprint density at radius 2 is 1.36 bits per heavy atom. The summed E-state index contributed by atoms with van der Waals surface area (Å²) >= 11 is 6.88. The summed E-state index contributed by atoms with van der Waals surface area (Å²) in [6, 6.07) is 30.0. The molecular formula is C29H25Br2N3O2. The normalized spacial score (nSPS) is 10.6. The first-order chi connectivity index (χ1) is 17.4. The van der Waals surface area contributed by atoms with Crippen molar-refractivity contribution in [1.29, 1.82) is 0 Å². The summed E-state index contributed by atoms with van der Waals surface area (Å²) in [5.74, 6) is -0.327. The van der Waals surface area contributed by atoms with E-state index in [9.17, 15) is 9.59 Å². The molecule has 4 rings (SSSR count). The lowest BCUT2D eigenvalue weighted by Gasteiger charge is -2.25. The van der Waals surface area contributed by atoms with Crippen molar-refractivity contribution in [2.45, 2.75) is 19.6 Å². The molecular weight excluding hydrogens is 582 g/mol. The van der Waals surface area contributed by atoms with Gasteiger partial charge in [-0.2, -0.15) is 0 Å². The van der Waals surface area contributed by atoms with Crippen molar-refractivity contribution in [3.05, 3.63) is 134 Å². The molecule has 3 N–H and O–H groups in total. The van der Waals surface area contributed by atoms with Gasteiger partial charge < -0.3 is 16.0 Å². The van der Waals surface area contributed by atoms with Crippen molar-refractivity contribution in [3.8, 4) is 0 Å². The molecule has 0 bridgehead atoms. The Labute approximate surface area is 227 Å². The quantitative estimate of drug-likeness (QED) is 0.232. The summed E-state index contributed by atoms with van der Waals surface area (Å²) in [5.41, 5.74) is 10.4. The summed E-state index contributed by atoms with van der Waals surface area (Å²) in [7, 11) is 0. The van der Waals surface area contributed by atoms with Gasteiger partial charge in [0.1, 0.15) is 0 Å². The number of benzene rings is 4. The van der Waals surface area contributed by atoms with E-state index in [-0.39, 0.29) is 11.8 Å². The van der Waals surface area contributed by atoms with E-state index in [0.29, 0.717) is 36.4 Å². The van der Waals surface area contributed by atoms with Gasteiger partial charge in [-0.05, 0) is 59.2 Å². The van der Waals surface area contributed by atoms with Gasteiger partial charge in [-0.1, -0.05) is 86.5 Å². The largest absolute Gasteiger partial charge is 0.330 e. The van der Waals surface area contributed by atoms with Crippen molar-refractivity contribution in [1.82, 2.24) is 4.90 Å². The standard InChI is InChI=1S/C29H25Br2N3O2/c30-25-11-4-9-22(15-25)28(35)33-27-13-2-1-8-24(27)19-34(18-21-7-3-6-20(14-21)17-32)29(36)23-10-5-12-26(31)16-23/h1-16H,17-19,32H2,(H,33,35). The van der Waals surface area contributed by atoms with E-state index in [1.807, 2.05) is 78.9 Å². The highest BCUT2D eigenvalue weighted by atomic mass is 79.9. The van der Waals surface area contributed by atoms with Gasteiger partial charge in [0.25, 0.3) is 11.8 Å². The molecule has 0 unspecified atom stereocenters. The van der Waals surface area contributed by atoms with Gasteiger partial charge in [-0.3, -0.25) is 9.59 Å². The fourth-order valence-electron chi connectivity index (χ4n) is 3.89. The van der Waals surface area contributed by atoms with Crippen molar-refractivity contribution < 1.29 is 9.59 Å². The van der Waals surface area contributed by atoms with Crippen LogP contribution >= 0.6 is 31.9 Å². The molecule has 0 spiro atoms. The van der Waals surface area contributed by atoms with E-state index in [0.717, 1.165) is 25.6 Å². The van der Waals surface area contributed by atoms with Gasteiger partial charge in [0.2, 0.25) is 0 Å². The Morgan fingerprint density at radius 3 is 2.08 bits per heavy atom. The third kappa shape index (κ3) is 6.69. The molecule has 0 aliphatic heterocycles. The molecule has 0 saturated carbocycles. The highest BCUT2D eigenvalue weighted by Crippen LogP contribution is 2.23. The van der Waals surface area contributed by atoms with Crippen molar-refractivity contribution in [2.24, 2.45) is 5.73 Å². The van der Waals surface area contributed by atoms with Crippen LogP contribution in [0, 0.1) is 0 Å². The van der Waals surface area contributed by atoms with Crippen LogP contribution < -0.4 is 11.1 Å². The molecule has 7 heteroatoms. The van der Waals surface area contributed by atoms with Crippen LogP contribution in [0.1, 0.15) is 37.4 Å². The summed E-state index contributed by atoms with van der Waals surface area (Å²) in [6.07, 6.45) is 0. The zero-order valence-electron chi connectivity index (χ0n) is 19.5. The van der Waals surface area contributed by atoms with E-state index in [2.05, 4.69) is 37.2 Å². The first-order valence-corrected chi connectivity index (χ1v) is 13.0. The number of rotatable bonds is 8. The number of halogens is 2. The van der Waals surface area contributed by atoms with Crippen LogP contribution in [0.15, 0.2) is 106 Å². The fraction of sp³-hybridized carbons (Fsp3) is 0.103. The third-order valence-corrected chi connectivity index (χ3v) is 6.66. The minimum Gasteiger partial charge on any atom is -0.330 e. The molecule has 2 amide bonds. The van der Waals surface area contributed by atoms with Gasteiger partial charge in [0.05, 0.1) is 0 Å². The molecule has 4 aromatic carbocycles. The van der Waals surface area contributed by atoms with Crippen LogP contribution in [-0.2, 0) is 19.6 Å². The highest BCUT2D eigenvalue weighted by Gasteiger charge is 2.19. The summed E-state index contributed by atoms with van der Waals surface area (Å²) in [6.45, 7) is 1.14.